The second-order valence-corrected chi connectivity index (χ2v) is 8.50. The smallest absolute Gasteiger partial charge is 0.159 e. The largest absolute Gasteiger partial charge is 0.508 e. The van der Waals surface area contributed by atoms with Crippen LogP contribution in [0, 0.1) is 5.82 Å². The van der Waals surface area contributed by atoms with Gasteiger partial charge < -0.3 is 15.0 Å². The van der Waals surface area contributed by atoms with Crippen LogP contribution in [0.3, 0.4) is 0 Å². The van der Waals surface area contributed by atoms with Crippen molar-refractivity contribution in [3.05, 3.63) is 72.9 Å². The van der Waals surface area contributed by atoms with Crippen LogP contribution in [0.2, 0.25) is 0 Å². The average Bonchev–Trinajstić information content (AvgIpc) is 3.47. The van der Waals surface area contributed by atoms with Crippen LogP contribution < -0.4 is 4.90 Å². The molecule has 0 saturated heterocycles. The van der Waals surface area contributed by atoms with Gasteiger partial charge in [0.25, 0.3) is 0 Å². The van der Waals surface area contributed by atoms with E-state index in [2.05, 4.69) is 25.1 Å². The second kappa shape index (κ2) is 7.91. The second-order valence-electron chi connectivity index (χ2n) is 8.50. The molecule has 0 unspecified atom stereocenters. The summed E-state index contributed by atoms with van der Waals surface area (Å²) in [6.45, 7) is 0. The van der Waals surface area contributed by atoms with E-state index in [9.17, 15) is 9.50 Å². The van der Waals surface area contributed by atoms with E-state index in [1.54, 1.807) is 18.6 Å². The molecule has 0 spiro atoms. The third-order valence-electron chi connectivity index (χ3n) is 5.91. The summed E-state index contributed by atoms with van der Waals surface area (Å²) >= 11 is 0. The molecule has 6 aromatic rings. The Balaban J connectivity index is 1.48. The molecule has 0 saturated carbocycles. The van der Waals surface area contributed by atoms with Crippen LogP contribution in [-0.4, -0.2) is 49.3 Å². The normalized spacial score (nSPS) is 11.4. The number of hydrogen-bond acceptors (Lipinski definition) is 6. The molecule has 8 nitrogen and oxygen atoms in total. The molecule has 6 rings (SSSR count). The molecule has 0 radical (unpaired) electrons. The molecule has 0 bridgehead atoms. The number of hydrogen-bond donors (Lipinski definition) is 3. The molecule has 3 N–H and O–H groups in total. The minimum atomic E-state index is -0.515. The van der Waals surface area contributed by atoms with E-state index >= 15 is 0 Å². The van der Waals surface area contributed by atoms with Gasteiger partial charge in [0.1, 0.15) is 17.3 Å². The SMILES string of the molecule is CN(C)c1cncc(-c2cc3c(-c4nc5c(-c6cc(O)cc(F)c6)cccc5[nH]4)n[nH]c3cn2)c1. The minimum Gasteiger partial charge on any atom is -0.508 e. The summed E-state index contributed by atoms with van der Waals surface area (Å²) < 4.78 is 13.9. The van der Waals surface area contributed by atoms with Crippen molar-refractivity contribution in [2.75, 3.05) is 19.0 Å². The molecule has 4 aromatic heterocycles. The summed E-state index contributed by atoms with van der Waals surface area (Å²) in [5.41, 5.74) is 6.72. The lowest BCUT2D eigenvalue weighted by molar-refractivity contribution is 0.469. The van der Waals surface area contributed by atoms with Crippen molar-refractivity contribution in [1.82, 2.24) is 30.1 Å². The molecule has 0 aliphatic heterocycles. The standard InChI is InChI=1S/C26H20FN7O/c1-34(2)17-7-15(11-28-12-17)22-10-20-23(13-29-22)32-33-25(20)26-30-21-5-3-4-19(24(21)31-26)14-6-16(27)9-18(35)8-14/h3-13,35H,1-2H3,(H,30,31)(H,32,33). The van der Waals surface area contributed by atoms with Crippen LogP contribution in [0.5, 0.6) is 5.75 Å². The topological polar surface area (TPSA) is 107 Å². The molecule has 2 aromatic carbocycles. The van der Waals surface area contributed by atoms with E-state index in [-0.39, 0.29) is 5.75 Å². The number of halogens is 1. The Morgan fingerprint density at radius 2 is 1.83 bits per heavy atom. The van der Waals surface area contributed by atoms with E-state index in [1.807, 2.05) is 49.3 Å². The number of H-pyrrole nitrogens is 2. The first-order valence-corrected chi connectivity index (χ1v) is 10.9. The van der Waals surface area contributed by atoms with Crippen LogP contribution in [0.4, 0.5) is 10.1 Å². The number of para-hydroxylation sites is 1. The van der Waals surface area contributed by atoms with Crippen LogP contribution in [0.15, 0.2) is 67.1 Å². The summed E-state index contributed by atoms with van der Waals surface area (Å²) in [6.07, 6.45) is 5.32. The van der Waals surface area contributed by atoms with Crippen LogP contribution >= 0.6 is 0 Å². The van der Waals surface area contributed by atoms with E-state index in [1.165, 1.54) is 12.1 Å². The van der Waals surface area contributed by atoms with Crippen molar-refractivity contribution >= 4 is 27.6 Å². The summed E-state index contributed by atoms with van der Waals surface area (Å²) in [5.74, 6) is -0.0885. The number of aromatic hydroxyl groups is 1. The van der Waals surface area contributed by atoms with Gasteiger partial charge in [0.15, 0.2) is 5.82 Å². The number of imidazole rings is 1. The summed E-state index contributed by atoms with van der Waals surface area (Å²) in [7, 11) is 3.93. The Morgan fingerprint density at radius 3 is 2.66 bits per heavy atom. The molecule has 0 aliphatic carbocycles. The maximum absolute atomic E-state index is 13.9. The molecule has 35 heavy (non-hydrogen) atoms. The summed E-state index contributed by atoms with van der Waals surface area (Å²) in [5, 5.41) is 18.2. The molecular weight excluding hydrogens is 445 g/mol. The van der Waals surface area contributed by atoms with Crippen LogP contribution in [0.25, 0.3) is 55.8 Å². The number of nitrogens with one attached hydrogen (secondary N) is 2. The third-order valence-corrected chi connectivity index (χ3v) is 5.91. The van der Waals surface area contributed by atoms with E-state index in [0.717, 1.165) is 39.4 Å². The van der Waals surface area contributed by atoms with Gasteiger partial charge in [-0.1, -0.05) is 12.1 Å². The fourth-order valence-corrected chi connectivity index (χ4v) is 4.17. The van der Waals surface area contributed by atoms with Gasteiger partial charge in [-0.25, -0.2) is 9.37 Å². The average molecular weight is 465 g/mol. The van der Waals surface area contributed by atoms with Crippen molar-refractivity contribution in [2.45, 2.75) is 0 Å². The van der Waals surface area contributed by atoms with Gasteiger partial charge in [0.05, 0.1) is 40.3 Å². The van der Waals surface area contributed by atoms with Gasteiger partial charge in [-0.15, -0.1) is 0 Å². The molecule has 4 heterocycles. The molecular formula is C26H20FN7O. The Bertz CT molecular complexity index is 1700. The Kier molecular flexibility index (Phi) is 4.70. The number of phenols is 1. The number of nitrogens with zero attached hydrogens (tertiary/aromatic N) is 5. The lowest BCUT2D eigenvalue weighted by Gasteiger charge is -2.12. The van der Waals surface area contributed by atoms with Crippen molar-refractivity contribution in [3.63, 3.8) is 0 Å². The van der Waals surface area contributed by atoms with Gasteiger partial charge >= 0.3 is 0 Å². The Hall–Kier alpha value is -4.79. The van der Waals surface area contributed by atoms with Crippen molar-refractivity contribution in [2.24, 2.45) is 0 Å². The van der Waals surface area contributed by atoms with Gasteiger partial charge in [0, 0.05) is 42.9 Å². The molecule has 0 aliphatic rings. The van der Waals surface area contributed by atoms with Gasteiger partial charge in [-0.2, -0.15) is 5.10 Å². The minimum absolute atomic E-state index is 0.140. The quantitative estimate of drug-likeness (QED) is 0.333. The first-order chi connectivity index (χ1) is 17.0. The van der Waals surface area contributed by atoms with Crippen LogP contribution in [-0.2, 0) is 0 Å². The lowest BCUT2D eigenvalue weighted by atomic mass is 10.0. The van der Waals surface area contributed by atoms with E-state index < -0.39 is 5.82 Å². The van der Waals surface area contributed by atoms with Gasteiger partial charge in [-0.05, 0) is 35.9 Å². The summed E-state index contributed by atoms with van der Waals surface area (Å²) in [6, 6.07) is 13.6. The van der Waals surface area contributed by atoms with Crippen molar-refractivity contribution < 1.29 is 9.50 Å². The Morgan fingerprint density at radius 1 is 0.943 bits per heavy atom. The highest BCUT2D eigenvalue weighted by atomic mass is 19.1. The zero-order chi connectivity index (χ0) is 24.1. The highest BCUT2D eigenvalue weighted by Crippen LogP contribution is 2.34. The predicted molar refractivity (Wildman–Crippen MR) is 134 cm³/mol. The van der Waals surface area contributed by atoms with Crippen molar-refractivity contribution in [3.8, 4) is 39.7 Å². The molecule has 0 atom stereocenters. The fraction of sp³-hybridized carbons (Fsp3) is 0.0769. The number of phenolic OH excluding ortho intramolecular Hbond substituents is 1. The number of pyridine rings is 2. The lowest BCUT2D eigenvalue weighted by Crippen LogP contribution is -2.08. The fourth-order valence-electron chi connectivity index (χ4n) is 4.17. The molecule has 0 fully saturated rings. The number of fused-ring (bicyclic) bond motifs is 2. The highest BCUT2D eigenvalue weighted by molar-refractivity contribution is 5.98. The zero-order valence-corrected chi connectivity index (χ0v) is 18.9. The zero-order valence-electron chi connectivity index (χ0n) is 18.9. The molecule has 0 amide bonds. The maximum atomic E-state index is 13.9. The Labute approximate surface area is 199 Å². The number of aromatic nitrogens is 6. The highest BCUT2D eigenvalue weighted by Gasteiger charge is 2.17. The van der Waals surface area contributed by atoms with Gasteiger partial charge in [-0.3, -0.25) is 15.1 Å². The molecule has 172 valence electrons. The van der Waals surface area contributed by atoms with Crippen LogP contribution in [0.1, 0.15) is 0 Å². The monoisotopic (exact) mass is 465 g/mol. The summed E-state index contributed by atoms with van der Waals surface area (Å²) in [4.78, 5) is 19.0. The van der Waals surface area contributed by atoms with E-state index in [0.29, 0.717) is 28.2 Å². The first-order valence-electron chi connectivity index (χ1n) is 10.9. The maximum Gasteiger partial charge on any atom is 0.159 e. The first kappa shape index (κ1) is 20.8. The third kappa shape index (κ3) is 3.63. The van der Waals surface area contributed by atoms with Gasteiger partial charge in [0.2, 0.25) is 0 Å². The number of anilines is 1. The van der Waals surface area contributed by atoms with E-state index in [4.69, 9.17) is 4.98 Å². The predicted octanol–water partition coefficient (Wildman–Crippen LogP) is 5.14. The number of rotatable bonds is 4. The molecule has 9 heteroatoms. The number of aromatic amines is 2. The van der Waals surface area contributed by atoms with Crippen molar-refractivity contribution in [1.29, 1.82) is 0 Å². The number of benzene rings is 2.